The van der Waals surface area contributed by atoms with Crippen molar-refractivity contribution in [2.45, 2.75) is 26.0 Å². The second-order valence-electron chi connectivity index (χ2n) is 5.20. The number of aryl methyl sites for hydroxylation is 1. The van der Waals surface area contributed by atoms with Crippen LogP contribution in [-0.4, -0.2) is 69.4 Å². The topological polar surface area (TPSA) is 61.6 Å². The van der Waals surface area contributed by atoms with Gasteiger partial charge in [-0.05, 0) is 22.9 Å². The minimum atomic E-state index is -0.310. The summed E-state index contributed by atoms with van der Waals surface area (Å²) in [6, 6.07) is 0. The minimum Gasteiger partial charge on any atom is -0.392 e. The van der Waals surface area contributed by atoms with E-state index in [-0.39, 0.29) is 12.0 Å². The number of aliphatic hydroxyl groups excluding tert-OH is 1. The molecule has 1 saturated heterocycles. The summed E-state index contributed by atoms with van der Waals surface area (Å²) < 4.78 is 2.70. The number of carbonyl (C=O) groups is 1. The maximum absolute atomic E-state index is 12.1. The molecule has 2 heterocycles. The number of aromatic nitrogens is 2. The molecule has 1 aromatic rings. The number of piperazine rings is 1. The molecule has 20 heavy (non-hydrogen) atoms. The number of halogens is 1. The van der Waals surface area contributed by atoms with Gasteiger partial charge in [0, 0.05) is 51.9 Å². The van der Waals surface area contributed by atoms with Gasteiger partial charge < -0.3 is 10.0 Å². The molecule has 0 spiro atoms. The Morgan fingerprint density at radius 2 is 2.15 bits per heavy atom. The lowest BCUT2D eigenvalue weighted by atomic mass is 10.2. The Balaban J connectivity index is 1.72. The number of β-amino-alcohol motifs (C(OH)–C–C–N with tert-alkyl or cyclic N) is 1. The molecule has 1 amide bonds. The highest BCUT2D eigenvalue weighted by Crippen LogP contribution is 2.08. The molecule has 1 N–H and O–H groups in total. The number of hydrogen-bond acceptors (Lipinski definition) is 4. The van der Waals surface area contributed by atoms with E-state index in [4.69, 9.17) is 0 Å². The zero-order chi connectivity index (χ0) is 14.5. The summed E-state index contributed by atoms with van der Waals surface area (Å²) in [7, 11) is 0. The van der Waals surface area contributed by atoms with E-state index < -0.39 is 0 Å². The molecule has 0 saturated carbocycles. The van der Waals surface area contributed by atoms with Crippen molar-refractivity contribution in [2.75, 3.05) is 32.7 Å². The van der Waals surface area contributed by atoms with Crippen LogP contribution >= 0.6 is 15.9 Å². The molecule has 1 atom stereocenters. The highest BCUT2D eigenvalue weighted by molar-refractivity contribution is 9.10. The first-order valence-electron chi connectivity index (χ1n) is 6.91. The lowest BCUT2D eigenvalue weighted by Crippen LogP contribution is -2.50. The van der Waals surface area contributed by atoms with Crippen LogP contribution in [0.3, 0.4) is 0 Å². The summed E-state index contributed by atoms with van der Waals surface area (Å²) in [5.74, 6) is 0.174. The summed E-state index contributed by atoms with van der Waals surface area (Å²) in [6.07, 6.45) is 3.76. The Labute approximate surface area is 127 Å². The van der Waals surface area contributed by atoms with Crippen LogP contribution in [0, 0.1) is 0 Å². The van der Waals surface area contributed by atoms with Crippen molar-refractivity contribution in [3.63, 3.8) is 0 Å². The first-order chi connectivity index (χ1) is 9.54. The number of aliphatic hydroxyl groups is 1. The van der Waals surface area contributed by atoms with Crippen LogP contribution in [0.15, 0.2) is 16.9 Å². The van der Waals surface area contributed by atoms with Crippen molar-refractivity contribution in [3.8, 4) is 0 Å². The van der Waals surface area contributed by atoms with Gasteiger partial charge in [-0.2, -0.15) is 5.10 Å². The standard InChI is InChI=1S/C13H21BrN4O2/c1-11(19)9-16-4-6-17(7-5-16)13(20)2-3-18-10-12(14)8-15-18/h8,10-11,19H,2-7,9H2,1H3/t11-/m1/s1. The molecule has 1 aliphatic rings. The van der Waals surface area contributed by atoms with Gasteiger partial charge in [-0.1, -0.05) is 0 Å². The summed E-state index contributed by atoms with van der Waals surface area (Å²) >= 11 is 3.34. The van der Waals surface area contributed by atoms with Gasteiger partial charge in [0.05, 0.1) is 16.8 Å². The van der Waals surface area contributed by atoms with Crippen molar-refractivity contribution >= 4 is 21.8 Å². The maximum atomic E-state index is 12.1. The van der Waals surface area contributed by atoms with Crippen LogP contribution in [0.5, 0.6) is 0 Å². The van der Waals surface area contributed by atoms with E-state index in [0.29, 0.717) is 19.5 Å². The van der Waals surface area contributed by atoms with E-state index in [0.717, 1.165) is 30.7 Å². The zero-order valence-electron chi connectivity index (χ0n) is 11.7. The Kier molecular flexibility index (Phi) is 5.56. The number of amides is 1. The van der Waals surface area contributed by atoms with Gasteiger partial charge in [-0.3, -0.25) is 14.4 Å². The molecular weight excluding hydrogens is 324 g/mol. The highest BCUT2D eigenvalue weighted by Gasteiger charge is 2.21. The molecule has 2 rings (SSSR count). The number of carbonyl (C=O) groups excluding carboxylic acids is 1. The predicted molar refractivity (Wildman–Crippen MR) is 79.2 cm³/mol. The highest BCUT2D eigenvalue weighted by atomic mass is 79.9. The SMILES string of the molecule is C[C@@H](O)CN1CCN(C(=O)CCn2cc(Br)cn2)CC1. The molecule has 1 aromatic heterocycles. The van der Waals surface area contributed by atoms with Gasteiger partial charge in [0.1, 0.15) is 0 Å². The van der Waals surface area contributed by atoms with Gasteiger partial charge in [0.15, 0.2) is 0 Å². The number of nitrogens with zero attached hydrogens (tertiary/aromatic N) is 4. The average molecular weight is 345 g/mol. The van der Waals surface area contributed by atoms with Crippen LogP contribution in [-0.2, 0) is 11.3 Å². The second-order valence-corrected chi connectivity index (χ2v) is 6.12. The Hall–Kier alpha value is -0.920. The summed E-state index contributed by atoms with van der Waals surface area (Å²) in [5.41, 5.74) is 0. The zero-order valence-corrected chi connectivity index (χ0v) is 13.3. The minimum absolute atomic E-state index is 0.174. The van der Waals surface area contributed by atoms with Crippen LogP contribution in [0.25, 0.3) is 0 Å². The first kappa shape index (κ1) is 15.5. The Morgan fingerprint density at radius 1 is 1.45 bits per heavy atom. The molecule has 0 unspecified atom stereocenters. The molecule has 6 nitrogen and oxygen atoms in total. The lowest BCUT2D eigenvalue weighted by molar-refractivity contribution is -0.133. The Bertz CT molecular complexity index is 441. The van der Waals surface area contributed by atoms with Gasteiger partial charge in [0.2, 0.25) is 5.91 Å². The fourth-order valence-electron chi connectivity index (χ4n) is 2.38. The summed E-state index contributed by atoms with van der Waals surface area (Å²) in [6.45, 7) is 6.25. The summed E-state index contributed by atoms with van der Waals surface area (Å²) in [5, 5.41) is 13.5. The van der Waals surface area contributed by atoms with Gasteiger partial charge in [-0.25, -0.2) is 0 Å². The van der Waals surface area contributed by atoms with Crippen molar-refractivity contribution in [1.82, 2.24) is 19.6 Å². The molecule has 1 fully saturated rings. The third-order valence-electron chi connectivity index (χ3n) is 3.40. The van der Waals surface area contributed by atoms with E-state index in [1.165, 1.54) is 0 Å². The van der Waals surface area contributed by atoms with Crippen molar-refractivity contribution < 1.29 is 9.90 Å². The third kappa shape index (κ3) is 4.57. The number of hydrogen-bond donors (Lipinski definition) is 1. The fraction of sp³-hybridized carbons (Fsp3) is 0.692. The second kappa shape index (κ2) is 7.19. The van der Waals surface area contributed by atoms with E-state index >= 15 is 0 Å². The van der Waals surface area contributed by atoms with Crippen LogP contribution < -0.4 is 0 Å². The van der Waals surface area contributed by atoms with Crippen LogP contribution in [0.1, 0.15) is 13.3 Å². The fourth-order valence-corrected chi connectivity index (χ4v) is 2.71. The summed E-state index contributed by atoms with van der Waals surface area (Å²) in [4.78, 5) is 16.2. The molecule has 0 bridgehead atoms. The maximum Gasteiger partial charge on any atom is 0.224 e. The van der Waals surface area contributed by atoms with Gasteiger partial charge in [0.25, 0.3) is 0 Å². The lowest BCUT2D eigenvalue weighted by Gasteiger charge is -2.35. The smallest absolute Gasteiger partial charge is 0.224 e. The largest absolute Gasteiger partial charge is 0.392 e. The van der Waals surface area contributed by atoms with Crippen LogP contribution in [0.4, 0.5) is 0 Å². The normalized spacial score (nSPS) is 18.2. The molecule has 1 aliphatic heterocycles. The molecular formula is C13H21BrN4O2. The van der Waals surface area contributed by atoms with E-state index in [9.17, 15) is 9.90 Å². The molecule has 0 aliphatic carbocycles. The van der Waals surface area contributed by atoms with E-state index in [1.807, 2.05) is 11.1 Å². The first-order valence-corrected chi connectivity index (χ1v) is 7.70. The van der Waals surface area contributed by atoms with Gasteiger partial charge >= 0.3 is 0 Å². The molecule has 0 radical (unpaired) electrons. The molecule has 0 aromatic carbocycles. The number of rotatable bonds is 5. The van der Waals surface area contributed by atoms with E-state index in [1.54, 1.807) is 17.8 Å². The predicted octanol–water partition coefficient (Wildman–Crippen LogP) is 0.561. The van der Waals surface area contributed by atoms with Gasteiger partial charge in [-0.15, -0.1) is 0 Å². The molecule has 112 valence electrons. The van der Waals surface area contributed by atoms with Crippen molar-refractivity contribution in [3.05, 3.63) is 16.9 Å². The monoisotopic (exact) mass is 344 g/mol. The van der Waals surface area contributed by atoms with Crippen LogP contribution in [0.2, 0.25) is 0 Å². The van der Waals surface area contributed by atoms with E-state index in [2.05, 4.69) is 25.9 Å². The molecule has 7 heteroatoms. The Morgan fingerprint density at radius 3 is 2.70 bits per heavy atom. The third-order valence-corrected chi connectivity index (χ3v) is 3.81. The van der Waals surface area contributed by atoms with Crippen molar-refractivity contribution in [2.24, 2.45) is 0 Å². The van der Waals surface area contributed by atoms with Crippen molar-refractivity contribution in [1.29, 1.82) is 0 Å². The average Bonchev–Trinajstić information content (AvgIpc) is 2.82. The quantitative estimate of drug-likeness (QED) is 0.847.